The van der Waals surface area contributed by atoms with E-state index in [1.807, 2.05) is 0 Å². The number of halogens is 3. The van der Waals surface area contributed by atoms with Crippen molar-refractivity contribution in [2.45, 2.75) is 38.4 Å². The number of hydrogen-bond acceptors (Lipinski definition) is 6. The Morgan fingerprint density at radius 3 is 2.51 bits per heavy atom. The summed E-state index contributed by atoms with van der Waals surface area (Å²) in [4.78, 5) is 22.6. The highest BCUT2D eigenvalue weighted by Gasteiger charge is 2.29. The van der Waals surface area contributed by atoms with E-state index in [9.17, 15) is 23.1 Å². The van der Waals surface area contributed by atoms with Crippen molar-refractivity contribution in [3.63, 3.8) is 0 Å². The molecule has 2 N–H and O–H groups in total. The number of nitrogens with zero attached hydrogens (tertiary/aromatic N) is 3. The molecule has 0 radical (unpaired) electrons. The second-order valence-electron chi connectivity index (χ2n) is 8.55. The Morgan fingerprint density at radius 2 is 1.83 bits per heavy atom. The van der Waals surface area contributed by atoms with Crippen LogP contribution in [0.25, 0.3) is 10.9 Å². The topological polar surface area (TPSA) is 87.6 Å². The van der Waals surface area contributed by atoms with Gasteiger partial charge in [-0.15, -0.1) is 0 Å². The number of carboxylic acids is 1. The minimum atomic E-state index is -4.40. The van der Waals surface area contributed by atoms with E-state index in [-0.39, 0.29) is 17.6 Å². The third kappa shape index (κ3) is 6.39. The first kappa shape index (κ1) is 24.7. The Morgan fingerprint density at radius 1 is 1.09 bits per heavy atom. The van der Waals surface area contributed by atoms with Crippen molar-refractivity contribution in [3.8, 4) is 5.75 Å². The molecule has 0 spiro atoms. The van der Waals surface area contributed by atoms with E-state index < -0.39 is 17.7 Å². The molecule has 35 heavy (non-hydrogen) atoms. The summed E-state index contributed by atoms with van der Waals surface area (Å²) >= 11 is 0. The fourth-order valence-corrected chi connectivity index (χ4v) is 4.19. The van der Waals surface area contributed by atoms with Gasteiger partial charge in [0.15, 0.2) is 0 Å². The van der Waals surface area contributed by atoms with Crippen LogP contribution in [0.5, 0.6) is 5.75 Å². The smallest absolute Gasteiger partial charge is 0.416 e. The van der Waals surface area contributed by atoms with Crippen LogP contribution in [-0.2, 0) is 12.7 Å². The quantitative estimate of drug-likeness (QED) is 0.400. The van der Waals surface area contributed by atoms with Gasteiger partial charge in [0.2, 0.25) is 0 Å². The van der Waals surface area contributed by atoms with E-state index in [2.05, 4.69) is 20.2 Å². The number of aromatic nitrogens is 2. The average molecular weight is 489 g/mol. The van der Waals surface area contributed by atoms with Crippen molar-refractivity contribution >= 4 is 22.7 Å². The first-order valence-corrected chi connectivity index (χ1v) is 11.6. The normalized spacial score (nSPS) is 14.7. The fraction of sp³-hybridized carbons (Fsp3) is 0.400. The molecule has 7 nitrogen and oxygen atoms in total. The Hall–Kier alpha value is -3.40. The lowest BCUT2D eigenvalue weighted by atomic mass is 10.1. The summed E-state index contributed by atoms with van der Waals surface area (Å²) in [5.74, 6) is -0.363. The number of nitrogens with one attached hydrogen (secondary N) is 1. The zero-order valence-electron chi connectivity index (χ0n) is 19.1. The lowest BCUT2D eigenvalue weighted by molar-refractivity contribution is -0.137. The number of piperidine rings is 1. The summed E-state index contributed by atoms with van der Waals surface area (Å²) < 4.78 is 44.3. The summed E-state index contributed by atoms with van der Waals surface area (Å²) in [7, 11) is 0. The zero-order chi connectivity index (χ0) is 24.8. The van der Waals surface area contributed by atoms with Gasteiger partial charge in [0, 0.05) is 18.5 Å². The van der Waals surface area contributed by atoms with Crippen LogP contribution in [0.1, 0.15) is 47.2 Å². The van der Waals surface area contributed by atoms with Gasteiger partial charge >= 0.3 is 12.1 Å². The third-order valence-electron chi connectivity index (χ3n) is 6.02. The molecule has 0 saturated carbocycles. The molecule has 2 heterocycles. The molecule has 0 unspecified atom stereocenters. The number of alkyl halides is 3. The Bertz CT molecular complexity index is 1160. The maximum absolute atomic E-state index is 12.8. The van der Waals surface area contributed by atoms with Gasteiger partial charge in [-0.3, -0.25) is 0 Å². The minimum absolute atomic E-state index is 0.00601. The van der Waals surface area contributed by atoms with Crippen LogP contribution in [0.3, 0.4) is 0 Å². The van der Waals surface area contributed by atoms with E-state index in [0.29, 0.717) is 29.1 Å². The number of likely N-dealkylation sites (tertiary alicyclic amines) is 1. The maximum atomic E-state index is 12.8. The van der Waals surface area contributed by atoms with Crippen LogP contribution in [0.4, 0.5) is 19.0 Å². The molecule has 0 bridgehead atoms. The summed E-state index contributed by atoms with van der Waals surface area (Å²) in [5, 5.41) is 13.2. The molecular formula is C25H27F3N4O3. The van der Waals surface area contributed by atoms with Gasteiger partial charge < -0.3 is 20.1 Å². The number of carbonyl (C=O) groups is 1. The second-order valence-corrected chi connectivity index (χ2v) is 8.55. The highest BCUT2D eigenvalue weighted by molar-refractivity contribution is 6.05. The van der Waals surface area contributed by atoms with Gasteiger partial charge in [-0.05, 0) is 62.2 Å². The minimum Gasteiger partial charge on any atom is -0.493 e. The Kier molecular flexibility index (Phi) is 7.70. The van der Waals surface area contributed by atoms with E-state index in [1.54, 1.807) is 6.07 Å². The van der Waals surface area contributed by atoms with E-state index in [4.69, 9.17) is 4.74 Å². The number of ether oxygens (including phenoxy) is 1. The van der Waals surface area contributed by atoms with E-state index in [1.165, 1.54) is 43.8 Å². The van der Waals surface area contributed by atoms with Crippen LogP contribution in [0.15, 0.2) is 42.7 Å². The molecule has 10 heteroatoms. The molecule has 1 saturated heterocycles. The van der Waals surface area contributed by atoms with Gasteiger partial charge in [-0.1, -0.05) is 18.6 Å². The van der Waals surface area contributed by atoms with E-state index in [0.717, 1.165) is 38.2 Å². The molecule has 1 fully saturated rings. The van der Waals surface area contributed by atoms with Crippen molar-refractivity contribution in [1.82, 2.24) is 14.9 Å². The molecule has 1 aromatic heterocycles. The molecule has 1 aliphatic heterocycles. The third-order valence-corrected chi connectivity index (χ3v) is 6.02. The van der Waals surface area contributed by atoms with Gasteiger partial charge in [0.1, 0.15) is 17.9 Å². The summed E-state index contributed by atoms with van der Waals surface area (Å²) in [6.45, 7) is 3.79. The molecule has 3 aromatic rings. The van der Waals surface area contributed by atoms with Crippen molar-refractivity contribution in [2.75, 3.05) is 31.6 Å². The molecular weight excluding hydrogens is 461 g/mol. The van der Waals surface area contributed by atoms with Crippen LogP contribution in [-0.4, -0.2) is 52.2 Å². The number of carboxylic acid groups (broad SMARTS) is 1. The van der Waals surface area contributed by atoms with Gasteiger partial charge in [0.25, 0.3) is 0 Å². The Labute approximate surface area is 200 Å². The first-order valence-electron chi connectivity index (χ1n) is 11.6. The predicted molar refractivity (Wildman–Crippen MR) is 126 cm³/mol. The number of benzene rings is 2. The zero-order valence-corrected chi connectivity index (χ0v) is 19.1. The van der Waals surface area contributed by atoms with Crippen LogP contribution >= 0.6 is 0 Å². The van der Waals surface area contributed by atoms with Gasteiger partial charge in [-0.25, -0.2) is 14.8 Å². The van der Waals surface area contributed by atoms with Gasteiger partial charge in [-0.2, -0.15) is 13.2 Å². The number of fused-ring (bicyclic) bond motifs is 1. The number of aromatic carboxylic acids is 1. The lowest BCUT2D eigenvalue weighted by Crippen LogP contribution is -2.31. The monoisotopic (exact) mass is 488 g/mol. The fourth-order valence-electron chi connectivity index (χ4n) is 4.19. The van der Waals surface area contributed by atoms with Crippen LogP contribution in [0.2, 0.25) is 0 Å². The molecule has 1 aliphatic rings. The number of hydrogen-bond donors (Lipinski definition) is 2. The largest absolute Gasteiger partial charge is 0.493 e. The molecule has 2 aromatic carbocycles. The Balaban J connectivity index is 1.48. The molecule has 186 valence electrons. The number of rotatable bonds is 9. The van der Waals surface area contributed by atoms with Gasteiger partial charge in [0.05, 0.1) is 23.3 Å². The molecule has 0 aliphatic carbocycles. The highest BCUT2D eigenvalue weighted by atomic mass is 19.4. The van der Waals surface area contributed by atoms with Crippen molar-refractivity contribution in [2.24, 2.45) is 0 Å². The SMILES string of the molecule is O=C(O)c1cc(OCCCN2CCCCC2)cc2c(NCc3ccc(C(F)(F)F)cc3)ncnc12. The summed E-state index contributed by atoms with van der Waals surface area (Å²) in [6, 6.07) is 7.97. The molecule has 0 amide bonds. The number of anilines is 1. The highest BCUT2D eigenvalue weighted by Crippen LogP contribution is 2.30. The molecule has 4 rings (SSSR count). The standard InChI is InChI=1S/C25H27F3N4O3/c26-25(27,28)18-7-5-17(6-8-18)15-29-23-20-13-19(14-21(24(33)34)22(20)30-16-31-23)35-12-4-11-32-9-2-1-3-10-32/h5-8,13-14,16H,1-4,9-12,15H2,(H,33,34)(H,29,30,31). The molecule has 0 atom stereocenters. The summed E-state index contributed by atoms with van der Waals surface area (Å²) in [6.07, 6.45) is 1.39. The summed E-state index contributed by atoms with van der Waals surface area (Å²) in [5.41, 5.74) is 0.145. The van der Waals surface area contributed by atoms with Crippen LogP contribution < -0.4 is 10.1 Å². The van der Waals surface area contributed by atoms with Crippen molar-refractivity contribution in [3.05, 3.63) is 59.4 Å². The average Bonchev–Trinajstić information content (AvgIpc) is 2.85. The van der Waals surface area contributed by atoms with Crippen LogP contribution in [0, 0.1) is 0 Å². The maximum Gasteiger partial charge on any atom is 0.416 e. The van der Waals surface area contributed by atoms with Crippen molar-refractivity contribution < 1.29 is 27.8 Å². The lowest BCUT2D eigenvalue weighted by Gasteiger charge is -2.26. The van der Waals surface area contributed by atoms with E-state index >= 15 is 0 Å². The predicted octanol–water partition coefficient (Wildman–Crippen LogP) is 5.21. The second kappa shape index (κ2) is 10.9. The first-order chi connectivity index (χ1) is 16.8. The van der Waals surface area contributed by atoms with Crippen molar-refractivity contribution in [1.29, 1.82) is 0 Å².